The zero-order valence-corrected chi connectivity index (χ0v) is 11.3. The Morgan fingerprint density at radius 3 is 2.75 bits per heavy atom. The van der Waals surface area contributed by atoms with Gasteiger partial charge in [-0.05, 0) is 30.3 Å². The number of hydrogen-bond donors (Lipinski definition) is 2. The smallest absolute Gasteiger partial charge is 0.255 e. The van der Waals surface area contributed by atoms with Gasteiger partial charge >= 0.3 is 0 Å². The molecule has 0 aliphatic rings. The van der Waals surface area contributed by atoms with Crippen LogP contribution in [0.25, 0.3) is 0 Å². The molecule has 0 radical (unpaired) electrons. The first-order valence-electron chi connectivity index (χ1n) is 5.96. The molecule has 20 heavy (non-hydrogen) atoms. The van der Waals surface area contributed by atoms with Crippen LogP contribution in [0.15, 0.2) is 48.5 Å². The number of benzene rings is 2. The molecule has 1 amide bonds. The maximum Gasteiger partial charge on any atom is 0.255 e. The van der Waals surface area contributed by atoms with Crippen molar-refractivity contribution < 1.29 is 9.90 Å². The lowest BCUT2D eigenvalue weighted by molar-refractivity contribution is 0.102. The molecule has 0 unspecified atom stereocenters. The number of rotatable bonds is 2. The van der Waals surface area contributed by atoms with E-state index in [4.69, 9.17) is 16.7 Å². The Bertz CT molecular complexity index is 686. The zero-order chi connectivity index (χ0) is 14.4. The SMILES string of the molecule is O=C(Nc1ccccc1Cl)c1cccc(C#CCO)c1. The van der Waals surface area contributed by atoms with Crippen LogP contribution in [0.2, 0.25) is 5.02 Å². The standard InChI is InChI=1S/C16H12ClNO2/c17-14-8-1-2-9-15(14)18-16(20)13-7-3-5-12(11-13)6-4-10-19/h1-3,5,7-9,11,19H,10H2,(H,18,20). The number of anilines is 1. The van der Waals surface area contributed by atoms with Gasteiger partial charge in [0.15, 0.2) is 0 Å². The molecule has 2 aromatic carbocycles. The first kappa shape index (κ1) is 14.1. The monoisotopic (exact) mass is 285 g/mol. The average Bonchev–Trinajstić information content (AvgIpc) is 2.48. The van der Waals surface area contributed by atoms with Crippen molar-refractivity contribution in [3.05, 3.63) is 64.7 Å². The third kappa shape index (κ3) is 3.61. The first-order chi connectivity index (χ1) is 9.70. The van der Waals surface area contributed by atoms with Gasteiger partial charge in [-0.2, -0.15) is 0 Å². The van der Waals surface area contributed by atoms with Gasteiger partial charge in [0, 0.05) is 11.1 Å². The van der Waals surface area contributed by atoms with E-state index < -0.39 is 0 Å². The largest absolute Gasteiger partial charge is 0.384 e. The predicted octanol–water partition coefficient (Wildman–Crippen LogP) is 2.94. The lowest BCUT2D eigenvalue weighted by atomic mass is 10.1. The first-order valence-corrected chi connectivity index (χ1v) is 6.34. The topological polar surface area (TPSA) is 49.3 Å². The highest BCUT2D eigenvalue weighted by molar-refractivity contribution is 6.33. The van der Waals surface area contributed by atoms with E-state index in [2.05, 4.69) is 17.2 Å². The molecular formula is C16H12ClNO2. The molecule has 0 heterocycles. The summed E-state index contributed by atoms with van der Waals surface area (Å²) < 4.78 is 0. The fourth-order valence-corrected chi connectivity index (χ4v) is 1.82. The van der Waals surface area contributed by atoms with Crippen molar-refractivity contribution in [2.75, 3.05) is 11.9 Å². The highest BCUT2D eigenvalue weighted by Crippen LogP contribution is 2.21. The van der Waals surface area contributed by atoms with Crippen molar-refractivity contribution in [3.8, 4) is 11.8 Å². The second kappa shape index (κ2) is 6.76. The molecule has 0 atom stereocenters. The molecule has 4 heteroatoms. The van der Waals surface area contributed by atoms with E-state index in [1.165, 1.54) is 0 Å². The molecule has 0 bridgehead atoms. The van der Waals surface area contributed by atoms with Crippen molar-refractivity contribution in [2.45, 2.75) is 0 Å². The normalized spacial score (nSPS) is 9.50. The van der Waals surface area contributed by atoms with Gasteiger partial charge in [0.2, 0.25) is 0 Å². The van der Waals surface area contributed by atoms with Crippen molar-refractivity contribution in [3.63, 3.8) is 0 Å². The third-order valence-corrected chi connectivity index (χ3v) is 2.89. The molecule has 0 saturated heterocycles. The number of carbonyl (C=O) groups is 1. The van der Waals surface area contributed by atoms with Gasteiger partial charge in [0.25, 0.3) is 5.91 Å². The van der Waals surface area contributed by atoms with Gasteiger partial charge in [-0.25, -0.2) is 0 Å². The van der Waals surface area contributed by atoms with E-state index in [0.717, 1.165) is 0 Å². The van der Waals surface area contributed by atoms with Gasteiger partial charge in [0.1, 0.15) is 6.61 Å². The van der Waals surface area contributed by atoms with Crippen LogP contribution in [0.4, 0.5) is 5.69 Å². The molecule has 3 nitrogen and oxygen atoms in total. The summed E-state index contributed by atoms with van der Waals surface area (Å²) in [4.78, 5) is 12.1. The molecule has 0 aromatic heterocycles. The van der Waals surface area contributed by atoms with Crippen LogP contribution in [-0.2, 0) is 0 Å². The van der Waals surface area contributed by atoms with Crippen LogP contribution < -0.4 is 5.32 Å². The van der Waals surface area contributed by atoms with Crippen molar-refractivity contribution in [1.29, 1.82) is 0 Å². The summed E-state index contributed by atoms with van der Waals surface area (Å²) in [5.74, 6) is 5.04. The minimum Gasteiger partial charge on any atom is -0.384 e. The van der Waals surface area contributed by atoms with Crippen LogP contribution in [0.1, 0.15) is 15.9 Å². The van der Waals surface area contributed by atoms with E-state index in [9.17, 15) is 4.79 Å². The average molecular weight is 286 g/mol. The van der Waals surface area contributed by atoms with E-state index in [0.29, 0.717) is 21.8 Å². The lowest BCUT2D eigenvalue weighted by Gasteiger charge is -2.07. The molecule has 0 saturated carbocycles. The molecule has 2 rings (SSSR count). The van der Waals surface area contributed by atoms with Crippen molar-refractivity contribution in [1.82, 2.24) is 0 Å². The van der Waals surface area contributed by atoms with Crippen molar-refractivity contribution in [2.24, 2.45) is 0 Å². The van der Waals surface area contributed by atoms with Gasteiger partial charge in [-0.1, -0.05) is 41.6 Å². The second-order valence-electron chi connectivity index (χ2n) is 3.97. The molecule has 2 aromatic rings. The summed E-state index contributed by atoms with van der Waals surface area (Å²) in [6.45, 7) is -0.212. The minimum atomic E-state index is -0.259. The van der Waals surface area contributed by atoms with Crippen molar-refractivity contribution >= 4 is 23.2 Å². The van der Waals surface area contributed by atoms with Gasteiger partial charge in [-0.3, -0.25) is 4.79 Å². The summed E-state index contributed by atoms with van der Waals surface area (Å²) in [5.41, 5.74) is 1.71. The molecule has 0 fully saturated rings. The number of aliphatic hydroxyl groups excluding tert-OH is 1. The zero-order valence-electron chi connectivity index (χ0n) is 10.6. The highest BCUT2D eigenvalue weighted by atomic mass is 35.5. The number of para-hydroxylation sites is 1. The Morgan fingerprint density at radius 1 is 1.20 bits per heavy atom. The number of carbonyl (C=O) groups excluding carboxylic acids is 1. The Balaban J connectivity index is 2.19. The summed E-state index contributed by atoms with van der Waals surface area (Å²) >= 11 is 5.99. The fourth-order valence-electron chi connectivity index (χ4n) is 1.64. The van der Waals surface area contributed by atoms with E-state index in [-0.39, 0.29) is 12.5 Å². The lowest BCUT2D eigenvalue weighted by Crippen LogP contribution is -2.12. The number of nitrogens with one attached hydrogen (secondary N) is 1. The Labute approximate surface area is 122 Å². The maximum atomic E-state index is 12.1. The van der Waals surface area contributed by atoms with Crippen LogP contribution in [0, 0.1) is 11.8 Å². The second-order valence-corrected chi connectivity index (χ2v) is 4.38. The molecule has 100 valence electrons. The maximum absolute atomic E-state index is 12.1. The summed E-state index contributed by atoms with van der Waals surface area (Å²) in [6.07, 6.45) is 0. The predicted molar refractivity (Wildman–Crippen MR) is 79.8 cm³/mol. The number of halogens is 1. The Hall–Kier alpha value is -2.28. The summed E-state index contributed by atoms with van der Waals surface area (Å²) in [6, 6.07) is 13.9. The minimum absolute atomic E-state index is 0.212. The van der Waals surface area contributed by atoms with Gasteiger partial charge < -0.3 is 10.4 Å². The molecular weight excluding hydrogens is 274 g/mol. The molecule has 2 N–H and O–H groups in total. The summed E-state index contributed by atoms with van der Waals surface area (Å²) in [5, 5.41) is 11.9. The molecule has 0 aliphatic carbocycles. The Morgan fingerprint density at radius 2 is 2.00 bits per heavy atom. The number of aliphatic hydroxyl groups is 1. The van der Waals surface area contributed by atoms with Crippen LogP contribution in [-0.4, -0.2) is 17.6 Å². The third-order valence-electron chi connectivity index (χ3n) is 2.56. The molecule has 0 spiro atoms. The molecule has 0 aliphatic heterocycles. The van der Waals surface area contributed by atoms with Gasteiger partial charge in [0.05, 0.1) is 10.7 Å². The summed E-state index contributed by atoms with van der Waals surface area (Å²) in [7, 11) is 0. The van der Waals surface area contributed by atoms with Gasteiger partial charge in [-0.15, -0.1) is 0 Å². The van der Waals surface area contributed by atoms with Crippen LogP contribution in [0.3, 0.4) is 0 Å². The van der Waals surface area contributed by atoms with Crippen LogP contribution >= 0.6 is 11.6 Å². The van der Waals surface area contributed by atoms with Crippen LogP contribution in [0.5, 0.6) is 0 Å². The van der Waals surface area contributed by atoms with E-state index in [1.54, 1.807) is 48.5 Å². The number of amides is 1. The van der Waals surface area contributed by atoms with E-state index >= 15 is 0 Å². The highest BCUT2D eigenvalue weighted by Gasteiger charge is 2.08. The van der Waals surface area contributed by atoms with E-state index in [1.807, 2.05) is 0 Å². The Kier molecular flexibility index (Phi) is 4.78. The quantitative estimate of drug-likeness (QED) is 0.834. The fraction of sp³-hybridized carbons (Fsp3) is 0.0625. The number of hydrogen-bond acceptors (Lipinski definition) is 2.